The second kappa shape index (κ2) is 9.00. The molecule has 2 aromatic rings. The maximum atomic E-state index is 12.6. The van der Waals surface area contributed by atoms with E-state index in [1.54, 1.807) is 7.11 Å². The smallest absolute Gasteiger partial charge is 0.402 e. The van der Waals surface area contributed by atoms with E-state index < -0.39 is 12.1 Å². The number of nitrogens with two attached hydrogens (primary N) is 1. The van der Waals surface area contributed by atoms with E-state index in [1.165, 1.54) is 12.3 Å². The average Bonchev–Trinajstić information content (AvgIpc) is 3.41. The fourth-order valence-electron chi connectivity index (χ4n) is 3.09. The quantitative estimate of drug-likeness (QED) is 0.644. The van der Waals surface area contributed by atoms with Gasteiger partial charge in [0, 0.05) is 44.1 Å². The van der Waals surface area contributed by atoms with Crippen molar-refractivity contribution in [2.24, 2.45) is 0 Å². The summed E-state index contributed by atoms with van der Waals surface area (Å²) < 4.78 is 48.9. The minimum Gasteiger partial charge on any atom is -0.402 e. The number of aryl methyl sites for hydroxylation is 1. The molecule has 1 aliphatic carbocycles. The maximum Gasteiger partial charge on any atom is 0.573 e. The summed E-state index contributed by atoms with van der Waals surface area (Å²) in [6, 6.07) is 1.23. The van der Waals surface area contributed by atoms with Gasteiger partial charge in [0.1, 0.15) is 5.82 Å². The zero-order valence-corrected chi connectivity index (χ0v) is 16.6. The molecule has 29 heavy (non-hydrogen) atoms. The number of methoxy groups -OCH3 is 1. The molecule has 1 fully saturated rings. The Balaban J connectivity index is 1.74. The van der Waals surface area contributed by atoms with Crippen molar-refractivity contribution in [2.45, 2.75) is 38.1 Å². The lowest BCUT2D eigenvalue weighted by molar-refractivity contribution is -0.274. The van der Waals surface area contributed by atoms with Gasteiger partial charge in [0.2, 0.25) is 0 Å². The Morgan fingerprint density at radius 2 is 2.07 bits per heavy atom. The van der Waals surface area contributed by atoms with E-state index in [4.69, 9.17) is 10.5 Å². The van der Waals surface area contributed by atoms with Crippen LogP contribution < -0.4 is 10.5 Å². The van der Waals surface area contributed by atoms with Crippen LogP contribution in [0.3, 0.4) is 0 Å². The van der Waals surface area contributed by atoms with Crippen LogP contribution in [0.1, 0.15) is 31.0 Å². The highest BCUT2D eigenvalue weighted by molar-refractivity contribution is 5.63. The van der Waals surface area contributed by atoms with Crippen molar-refractivity contribution in [3.8, 4) is 17.0 Å². The number of likely N-dealkylation sites (N-methyl/N-ethyl adjacent to an activating group) is 1. The number of hydrogen-bond donors (Lipinski definition) is 1. The Bertz CT molecular complexity index is 821. The molecule has 1 saturated carbocycles. The molecule has 2 aromatic heterocycles. The number of alkyl halides is 3. The molecule has 3 rings (SSSR count). The van der Waals surface area contributed by atoms with E-state index in [-0.39, 0.29) is 5.82 Å². The molecule has 0 radical (unpaired) electrons. The molecule has 0 unspecified atom stereocenters. The topological polar surface area (TPSA) is 78.4 Å². The molecule has 0 saturated heterocycles. The van der Waals surface area contributed by atoms with Crippen molar-refractivity contribution >= 4 is 5.82 Å². The maximum absolute atomic E-state index is 12.6. The van der Waals surface area contributed by atoms with Crippen LogP contribution in [0.25, 0.3) is 11.3 Å². The summed E-state index contributed by atoms with van der Waals surface area (Å²) in [5, 5.41) is 0. The molecule has 7 nitrogen and oxygen atoms in total. The Kier molecular flexibility index (Phi) is 6.63. The zero-order valence-electron chi connectivity index (χ0n) is 16.6. The molecular weight excluding hydrogens is 387 g/mol. The Labute approximate surface area is 167 Å². The normalized spacial score (nSPS) is 14.6. The second-order valence-electron chi connectivity index (χ2n) is 7.26. The Morgan fingerprint density at radius 1 is 1.31 bits per heavy atom. The number of halogens is 3. The molecule has 0 amide bonds. The molecule has 10 heteroatoms. The largest absolute Gasteiger partial charge is 0.573 e. The van der Waals surface area contributed by atoms with Gasteiger partial charge in [-0.05, 0) is 38.9 Å². The lowest BCUT2D eigenvalue weighted by atomic mass is 10.2. The summed E-state index contributed by atoms with van der Waals surface area (Å²) in [6.45, 7) is 3.24. The number of nitrogen functional groups attached to an aromatic ring is 1. The zero-order chi connectivity index (χ0) is 21.0. The van der Waals surface area contributed by atoms with Gasteiger partial charge < -0.3 is 24.7 Å². The van der Waals surface area contributed by atoms with Gasteiger partial charge in [-0.15, -0.1) is 13.2 Å². The first-order valence-electron chi connectivity index (χ1n) is 9.53. The van der Waals surface area contributed by atoms with Gasteiger partial charge in [0.15, 0.2) is 11.6 Å². The van der Waals surface area contributed by atoms with Crippen LogP contribution in [0.2, 0.25) is 0 Å². The van der Waals surface area contributed by atoms with E-state index in [9.17, 15) is 13.2 Å². The van der Waals surface area contributed by atoms with Gasteiger partial charge in [-0.2, -0.15) is 0 Å². The SMILES string of the molecule is COCCN(C)CCCn1cc(-c2cnc(N)c(OC(F)(F)F)c2)nc1C1CC1. The van der Waals surface area contributed by atoms with Crippen LogP contribution in [0.15, 0.2) is 18.5 Å². The number of imidazole rings is 1. The van der Waals surface area contributed by atoms with Crippen molar-refractivity contribution < 1.29 is 22.6 Å². The van der Waals surface area contributed by atoms with E-state index in [0.717, 1.165) is 44.7 Å². The van der Waals surface area contributed by atoms with Crippen molar-refractivity contribution in [1.82, 2.24) is 19.4 Å². The minimum atomic E-state index is -4.83. The molecular formula is C19H26F3N5O2. The lowest BCUT2D eigenvalue weighted by Gasteiger charge is -2.16. The van der Waals surface area contributed by atoms with Crippen LogP contribution in [0, 0.1) is 0 Å². The average molecular weight is 413 g/mol. The summed E-state index contributed by atoms with van der Waals surface area (Å²) >= 11 is 0. The number of pyridine rings is 1. The van der Waals surface area contributed by atoms with Gasteiger partial charge in [0.05, 0.1) is 12.3 Å². The van der Waals surface area contributed by atoms with Crippen molar-refractivity contribution in [3.05, 3.63) is 24.3 Å². The van der Waals surface area contributed by atoms with Crippen LogP contribution >= 0.6 is 0 Å². The number of anilines is 1. The number of ether oxygens (including phenoxy) is 2. The van der Waals surface area contributed by atoms with Crippen LogP contribution in [0.4, 0.5) is 19.0 Å². The predicted octanol–water partition coefficient (Wildman–Crippen LogP) is 3.27. The Morgan fingerprint density at radius 3 is 2.72 bits per heavy atom. The molecule has 160 valence electrons. The molecule has 0 aromatic carbocycles. The molecule has 2 N–H and O–H groups in total. The van der Waals surface area contributed by atoms with Gasteiger partial charge in [-0.1, -0.05) is 0 Å². The third-order valence-corrected chi connectivity index (χ3v) is 4.77. The van der Waals surface area contributed by atoms with E-state index in [1.807, 2.05) is 13.2 Å². The first-order chi connectivity index (χ1) is 13.8. The fraction of sp³-hybridized carbons (Fsp3) is 0.579. The summed E-state index contributed by atoms with van der Waals surface area (Å²) in [5.74, 6) is 0.543. The first-order valence-corrected chi connectivity index (χ1v) is 9.53. The molecule has 1 aliphatic rings. The summed E-state index contributed by atoms with van der Waals surface area (Å²) in [5.41, 5.74) is 6.53. The van der Waals surface area contributed by atoms with Gasteiger partial charge in [-0.3, -0.25) is 0 Å². The summed E-state index contributed by atoms with van der Waals surface area (Å²) in [7, 11) is 3.72. The molecule has 0 aliphatic heterocycles. The molecule has 2 heterocycles. The van der Waals surface area contributed by atoms with Gasteiger partial charge >= 0.3 is 6.36 Å². The van der Waals surface area contributed by atoms with E-state index in [2.05, 4.69) is 24.2 Å². The van der Waals surface area contributed by atoms with Crippen molar-refractivity contribution in [2.75, 3.05) is 39.6 Å². The number of rotatable bonds is 10. The van der Waals surface area contributed by atoms with Gasteiger partial charge in [-0.25, -0.2) is 9.97 Å². The third-order valence-electron chi connectivity index (χ3n) is 4.77. The predicted molar refractivity (Wildman–Crippen MR) is 103 cm³/mol. The monoisotopic (exact) mass is 413 g/mol. The first kappa shape index (κ1) is 21.4. The Hall–Kier alpha value is -2.33. The van der Waals surface area contributed by atoms with Crippen LogP contribution in [-0.2, 0) is 11.3 Å². The highest BCUT2D eigenvalue weighted by Gasteiger charge is 2.33. The van der Waals surface area contributed by atoms with E-state index in [0.29, 0.717) is 23.8 Å². The fourth-order valence-corrected chi connectivity index (χ4v) is 3.09. The second-order valence-corrected chi connectivity index (χ2v) is 7.26. The van der Waals surface area contributed by atoms with Crippen molar-refractivity contribution in [1.29, 1.82) is 0 Å². The highest BCUT2D eigenvalue weighted by atomic mass is 19.4. The summed E-state index contributed by atoms with van der Waals surface area (Å²) in [6.07, 6.45) is 1.53. The molecule has 0 spiro atoms. The van der Waals surface area contributed by atoms with Gasteiger partial charge in [0.25, 0.3) is 0 Å². The van der Waals surface area contributed by atoms with Crippen LogP contribution in [-0.4, -0.2) is 59.7 Å². The number of hydrogen-bond acceptors (Lipinski definition) is 6. The number of aromatic nitrogens is 3. The van der Waals surface area contributed by atoms with Crippen LogP contribution in [0.5, 0.6) is 5.75 Å². The number of nitrogens with zero attached hydrogens (tertiary/aromatic N) is 4. The standard InChI is InChI=1S/C19H26F3N5O2/c1-26(8-9-28-2)6-3-7-27-12-15(25-18(27)13-4-5-13)14-10-16(17(23)24-11-14)29-19(20,21)22/h10-13H,3-9H2,1-2H3,(H2,23,24). The third kappa shape index (κ3) is 6.07. The lowest BCUT2D eigenvalue weighted by Crippen LogP contribution is -2.24. The molecule has 0 atom stereocenters. The highest BCUT2D eigenvalue weighted by Crippen LogP contribution is 2.41. The minimum absolute atomic E-state index is 0.313. The van der Waals surface area contributed by atoms with E-state index >= 15 is 0 Å². The molecule has 0 bridgehead atoms. The van der Waals surface area contributed by atoms with Crippen molar-refractivity contribution in [3.63, 3.8) is 0 Å². The summed E-state index contributed by atoms with van der Waals surface area (Å²) in [4.78, 5) is 10.7.